The molecule has 3 rings (SSSR count). The van der Waals surface area contributed by atoms with Gasteiger partial charge in [0.1, 0.15) is 6.33 Å². The first-order valence-electron chi connectivity index (χ1n) is 8.79. The van der Waals surface area contributed by atoms with Gasteiger partial charge in [-0.2, -0.15) is 5.10 Å². The first-order chi connectivity index (χ1) is 12.8. The molecule has 142 valence electrons. The average Bonchev–Trinajstić information content (AvgIpc) is 3.17. The maximum absolute atomic E-state index is 12.5. The molecule has 8 heteroatoms. The Labute approximate surface area is 163 Å². The molecule has 1 N–H and O–H groups in total. The lowest BCUT2D eigenvalue weighted by Crippen LogP contribution is -2.26. The number of anilines is 1. The number of nitrogens with zero attached hydrogens (tertiary/aromatic N) is 5. The summed E-state index contributed by atoms with van der Waals surface area (Å²) in [6, 6.07) is 8.11. The summed E-state index contributed by atoms with van der Waals surface area (Å²) in [5.74, 6) is -0.165. The quantitative estimate of drug-likeness (QED) is 0.704. The predicted molar refractivity (Wildman–Crippen MR) is 105 cm³/mol. The third kappa shape index (κ3) is 4.36. The molecule has 0 aliphatic carbocycles. The van der Waals surface area contributed by atoms with Crippen molar-refractivity contribution in [3.63, 3.8) is 0 Å². The average molecular weight is 387 g/mol. The monoisotopic (exact) mass is 386 g/mol. The zero-order valence-electron chi connectivity index (χ0n) is 15.9. The van der Waals surface area contributed by atoms with Gasteiger partial charge < -0.3 is 0 Å². The van der Waals surface area contributed by atoms with Gasteiger partial charge >= 0.3 is 0 Å². The molecule has 7 nitrogen and oxygen atoms in total. The Kier molecular flexibility index (Phi) is 5.60. The fourth-order valence-corrected chi connectivity index (χ4v) is 2.95. The predicted octanol–water partition coefficient (Wildman–Crippen LogP) is 3.38. The highest BCUT2D eigenvalue weighted by Gasteiger charge is 2.18. The van der Waals surface area contributed by atoms with E-state index in [9.17, 15) is 4.79 Å². The van der Waals surface area contributed by atoms with Gasteiger partial charge in [0.2, 0.25) is 11.9 Å². The van der Waals surface area contributed by atoms with Gasteiger partial charge in [-0.3, -0.25) is 14.8 Å². The molecule has 2 heterocycles. The maximum atomic E-state index is 12.5. The van der Waals surface area contributed by atoms with Crippen molar-refractivity contribution in [3.05, 3.63) is 58.1 Å². The van der Waals surface area contributed by atoms with Crippen LogP contribution in [-0.2, 0) is 17.9 Å². The number of benzene rings is 1. The first kappa shape index (κ1) is 19.1. The molecule has 1 aromatic carbocycles. The molecule has 0 spiro atoms. The molecular weight excluding hydrogens is 364 g/mol. The van der Waals surface area contributed by atoms with Gasteiger partial charge in [0.05, 0.1) is 35.4 Å². The number of amides is 1. The molecule has 1 unspecified atom stereocenters. The summed E-state index contributed by atoms with van der Waals surface area (Å²) >= 11 is 6.16. The Morgan fingerprint density at radius 1 is 1.22 bits per heavy atom. The van der Waals surface area contributed by atoms with Crippen molar-refractivity contribution in [1.82, 2.24) is 24.5 Å². The summed E-state index contributed by atoms with van der Waals surface area (Å²) in [6.07, 6.45) is 1.62. The second-order valence-corrected chi connectivity index (χ2v) is 7.13. The second-order valence-electron chi connectivity index (χ2n) is 6.75. The Morgan fingerprint density at radius 3 is 2.63 bits per heavy atom. The zero-order valence-corrected chi connectivity index (χ0v) is 16.7. The molecule has 0 radical (unpaired) electrons. The fraction of sp³-hybridized carbons (Fsp3) is 0.368. The molecule has 0 saturated carbocycles. The summed E-state index contributed by atoms with van der Waals surface area (Å²) in [5.41, 5.74) is 3.97. The molecule has 0 saturated heterocycles. The summed E-state index contributed by atoms with van der Waals surface area (Å²) in [5, 5.41) is 12.1. The van der Waals surface area contributed by atoms with Crippen LogP contribution in [-0.4, -0.2) is 30.5 Å². The van der Waals surface area contributed by atoms with E-state index in [0.717, 1.165) is 17.0 Å². The zero-order chi connectivity index (χ0) is 19.6. The molecule has 27 heavy (non-hydrogen) atoms. The number of hydrogen-bond donors (Lipinski definition) is 1. The summed E-state index contributed by atoms with van der Waals surface area (Å²) in [6.45, 7) is 8.68. The number of aryl methyl sites for hydroxylation is 2. The molecule has 0 fully saturated rings. The minimum absolute atomic E-state index is 0.160. The summed E-state index contributed by atoms with van der Waals surface area (Å²) < 4.78 is 3.47. The van der Waals surface area contributed by atoms with Crippen LogP contribution in [0.5, 0.6) is 0 Å². The van der Waals surface area contributed by atoms with Gasteiger partial charge in [0.15, 0.2) is 0 Å². The van der Waals surface area contributed by atoms with E-state index >= 15 is 0 Å². The SMILES string of the molecule is Cc1ccccc1Cn1cnc(NC(=O)C(C)Cn2nc(C)c(Cl)c2C)n1. The van der Waals surface area contributed by atoms with E-state index in [1.165, 1.54) is 5.56 Å². The molecule has 3 aromatic rings. The van der Waals surface area contributed by atoms with Gasteiger partial charge in [-0.15, -0.1) is 5.10 Å². The number of rotatable bonds is 6. The van der Waals surface area contributed by atoms with Crippen LogP contribution < -0.4 is 5.32 Å². The van der Waals surface area contributed by atoms with Crippen LogP contribution in [0.3, 0.4) is 0 Å². The summed E-state index contributed by atoms with van der Waals surface area (Å²) in [7, 11) is 0. The highest BCUT2D eigenvalue weighted by molar-refractivity contribution is 6.31. The molecule has 1 atom stereocenters. The van der Waals surface area contributed by atoms with Gasteiger partial charge in [-0.05, 0) is 31.9 Å². The van der Waals surface area contributed by atoms with Crippen molar-refractivity contribution >= 4 is 23.5 Å². The van der Waals surface area contributed by atoms with Crippen molar-refractivity contribution in [1.29, 1.82) is 0 Å². The van der Waals surface area contributed by atoms with E-state index in [2.05, 4.69) is 39.6 Å². The van der Waals surface area contributed by atoms with E-state index in [1.807, 2.05) is 32.9 Å². The summed E-state index contributed by atoms with van der Waals surface area (Å²) in [4.78, 5) is 16.7. The minimum atomic E-state index is -0.303. The molecule has 0 aliphatic heterocycles. The van der Waals surface area contributed by atoms with Gasteiger partial charge in [0, 0.05) is 0 Å². The number of carbonyl (C=O) groups excluding carboxylic acids is 1. The highest BCUT2D eigenvalue weighted by atomic mass is 35.5. The normalized spacial score (nSPS) is 12.2. The number of aromatic nitrogens is 5. The second kappa shape index (κ2) is 7.92. The van der Waals surface area contributed by atoms with Crippen LogP contribution in [0.4, 0.5) is 5.95 Å². The lowest BCUT2D eigenvalue weighted by molar-refractivity contribution is -0.119. The number of carbonyl (C=O) groups is 1. The van der Waals surface area contributed by atoms with E-state index in [-0.39, 0.29) is 11.8 Å². The standard InChI is InChI=1S/C19H23ClN6O/c1-12-7-5-6-8-16(12)10-25-11-21-19(24-25)22-18(27)13(2)9-26-15(4)17(20)14(3)23-26/h5-8,11,13H,9-10H2,1-4H3,(H,22,24,27). The van der Waals surface area contributed by atoms with Crippen LogP contribution in [0.15, 0.2) is 30.6 Å². The van der Waals surface area contributed by atoms with Crippen molar-refractivity contribution in [3.8, 4) is 0 Å². The van der Waals surface area contributed by atoms with Crippen LogP contribution in [0.2, 0.25) is 5.02 Å². The molecule has 0 aliphatic rings. The van der Waals surface area contributed by atoms with E-state index in [4.69, 9.17) is 11.6 Å². The van der Waals surface area contributed by atoms with Crippen molar-refractivity contribution in [2.45, 2.75) is 40.8 Å². The minimum Gasteiger partial charge on any atom is -0.293 e. The van der Waals surface area contributed by atoms with Crippen LogP contribution >= 0.6 is 11.6 Å². The van der Waals surface area contributed by atoms with Crippen LogP contribution in [0.25, 0.3) is 0 Å². The van der Waals surface area contributed by atoms with Crippen molar-refractivity contribution in [2.24, 2.45) is 5.92 Å². The lowest BCUT2D eigenvalue weighted by Gasteiger charge is -2.12. The Balaban J connectivity index is 1.61. The van der Waals surface area contributed by atoms with Crippen LogP contribution in [0.1, 0.15) is 29.4 Å². The molecule has 2 aromatic heterocycles. The van der Waals surface area contributed by atoms with Crippen molar-refractivity contribution in [2.75, 3.05) is 5.32 Å². The molecule has 1 amide bonds. The lowest BCUT2D eigenvalue weighted by atomic mass is 10.1. The van der Waals surface area contributed by atoms with E-state index in [0.29, 0.717) is 24.1 Å². The largest absolute Gasteiger partial charge is 0.293 e. The van der Waals surface area contributed by atoms with E-state index in [1.54, 1.807) is 15.7 Å². The number of hydrogen-bond acceptors (Lipinski definition) is 4. The van der Waals surface area contributed by atoms with Gasteiger partial charge in [-0.1, -0.05) is 42.8 Å². The fourth-order valence-electron chi connectivity index (χ4n) is 2.82. The Hall–Kier alpha value is -2.67. The third-order valence-electron chi connectivity index (χ3n) is 4.55. The molecular formula is C19H23ClN6O. The van der Waals surface area contributed by atoms with Gasteiger partial charge in [0.25, 0.3) is 0 Å². The molecule has 0 bridgehead atoms. The number of nitrogens with one attached hydrogen (secondary N) is 1. The maximum Gasteiger partial charge on any atom is 0.248 e. The smallest absolute Gasteiger partial charge is 0.248 e. The van der Waals surface area contributed by atoms with E-state index < -0.39 is 0 Å². The first-order valence-corrected chi connectivity index (χ1v) is 9.17. The number of halogens is 1. The Morgan fingerprint density at radius 2 is 1.96 bits per heavy atom. The Bertz CT molecular complexity index is 961. The third-order valence-corrected chi connectivity index (χ3v) is 5.10. The van der Waals surface area contributed by atoms with Gasteiger partial charge in [-0.25, -0.2) is 9.67 Å². The van der Waals surface area contributed by atoms with Crippen molar-refractivity contribution < 1.29 is 4.79 Å². The topological polar surface area (TPSA) is 77.6 Å². The van der Waals surface area contributed by atoms with Crippen LogP contribution in [0, 0.1) is 26.7 Å². The highest BCUT2D eigenvalue weighted by Crippen LogP contribution is 2.20.